The van der Waals surface area contributed by atoms with Gasteiger partial charge in [-0.05, 0) is 210 Å². The van der Waals surface area contributed by atoms with E-state index in [0.29, 0.717) is 29.8 Å². The first-order valence-electron chi connectivity index (χ1n) is 23.4. The van der Waals surface area contributed by atoms with Crippen LogP contribution in [0.5, 0.6) is 0 Å². The molecule has 4 heteroatoms. The molecule has 4 aliphatic carbocycles. The highest BCUT2D eigenvalue weighted by Gasteiger charge is 2.30. The minimum absolute atomic E-state index is 0.435. The van der Waals surface area contributed by atoms with Gasteiger partial charge in [0.25, 0.3) is 0 Å². The first kappa shape index (κ1) is 42.8. The maximum Gasteiger partial charge on any atom is 0.0820 e. The van der Waals surface area contributed by atoms with E-state index in [1.807, 2.05) is 48.0 Å². The van der Waals surface area contributed by atoms with Crippen molar-refractivity contribution < 1.29 is 4.74 Å². The Balaban J connectivity index is 1.17. The van der Waals surface area contributed by atoms with Gasteiger partial charge in [0.05, 0.1) is 30.5 Å². The highest BCUT2D eigenvalue weighted by Crippen LogP contribution is 2.46. The van der Waals surface area contributed by atoms with Crippen molar-refractivity contribution in [1.82, 2.24) is 0 Å². The van der Waals surface area contributed by atoms with Gasteiger partial charge in [-0.3, -0.25) is 0 Å². The van der Waals surface area contributed by atoms with Gasteiger partial charge < -0.3 is 4.74 Å². The lowest BCUT2D eigenvalue weighted by molar-refractivity contribution is 0.0661. The van der Waals surface area contributed by atoms with Crippen LogP contribution in [0.3, 0.4) is 0 Å². The average Bonchev–Trinajstić information content (AvgIpc) is 3.98. The second kappa shape index (κ2) is 21.3. The van der Waals surface area contributed by atoms with Crippen molar-refractivity contribution in [3.8, 4) is 35.5 Å². The van der Waals surface area contributed by atoms with E-state index in [0.717, 1.165) is 17.8 Å². The molecule has 0 spiro atoms. The maximum atomic E-state index is 5.75. The van der Waals surface area contributed by atoms with Gasteiger partial charge in [0, 0.05) is 12.0 Å². The van der Waals surface area contributed by atoms with Crippen molar-refractivity contribution in [3.05, 3.63) is 64.2 Å². The topological polar surface area (TPSA) is 9.23 Å². The summed E-state index contributed by atoms with van der Waals surface area (Å²) in [6, 6.07) is 7.50. The molecule has 0 bridgehead atoms. The van der Waals surface area contributed by atoms with Crippen LogP contribution < -0.4 is 0 Å². The van der Waals surface area contributed by atoms with E-state index in [1.165, 1.54) is 177 Å². The quantitative estimate of drug-likeness (QED) is 0.175. The van der Waals surface area contributed by atoms with Crippen molar-refractivity contribution in [3.63, 3.8) is 0 Å². The Morgan fingerprint density at radius 2 is 0.860 bits per heavy atom. The van der Waals surface area contributed by atoms with Crippen LogP contribution in [0.2, 0.25) is 0 Å². The lowest BCUT2D eigenvalue weighted by atomic mass is 9.77. The molecule has 4 aliphatic rings. The Morgan fingerprint density at radius 3 is 1.26 bits per heavy atom. The summed E-state index contributed by atoms with van der Waals surface area (Å²) in [5.74, 6) is 27.1. The van der Waals surface area contributed by atoms with Crippen LogP contribution in [0.4, 0.5) is 0 Å². The van der Waals surface area contributed by atoms with E-state index in [2.05, 4.69) is 74.5 Å². The molecule has 3 heterocycles. The Morgan fingerprint density at radius 1 is 0.474 bits per heavy atom. The standard InChI is InChI=1S/C53H70OS3/c1-6-10-37-14-20-40(21-15-37)47-34-45(55-50(47)13-9-4)30-32-51-48(41-22-16-38(11-7-2)17-23-41)35-46(56-51)31-33-52-49(42-24-18-39(12-8-3)19-25-42)36-53(57-52)43-26-28-44(54-5)29-27-43/h34-44H,6-8,10-12,14-29H2,1-5H3. The van der Waals surface area contributed by atoms with Crippen LogP contribution in [0.15, 0.2) is 18.2 Å². The maximum absolute atomic E-state index is 5.75. The molecule has 0 amide bonds. The van der Waals surface area contributed by atoms with Crippen molar-refractivity contribution in [2.75, 3.05) is 7.11 Å². The molecule has 0 N–H and O–H groups in total. The summed E-state index contributed by atoms with van der Waals surface area (Å²) in [5.41, 5.74) is 4.51. The third kappa shape index (κ3) is 11.1. The van der Waals surface area contributed by atoms with Crippen LogP contribution in [0.1, 0.15) is 239 Å². The van der Waals surface area contributed by atoms with E-state index in [-0.39, 0.29) is 0 Å². The van der Waals surface area contributed by atoms with Crippen molar-refractivity contribution in [1.29, 1.82) is 0 Å². The molecule has 57 heavy (non-hydrogen) atoms. The summed E-state index contributed by atoms with van der Waals surface area (Å²) in [4.78, 5) is 7.82. The predicted octanol–water partition coefficient (Wildman–Crippen LogP) is 15.9. The molecule has 3 aromatic rings. The molecule has 0 unspecified atom stereocenters. The fourth-order valence-corrected chi connectivity index (χ4v) is 14.4. The molecule has 7 rings (SSSR count). The summed E-state index contributed by atoms with van der Waals surface area (Å²) in [6.07, 6.45) is 29.4. The lowest BCUT2D eigenvalue weighted by Gasteiger charge is -2.28. The fraction of sp³-hybridized carbons (Fsp3) is 0.660. The predicted molar refractivity (Wildman–Crippen MR) is 248 cm³/mol. The number of hydrogen-bond acceptors (Lipinski definition) is 4. The lowest BCUT2D eigenvalue weighted by Crippen LogP contribution is -2.18. The molecule has 4 fully saturated rings. The molecular weight excluding hydrogens is 749 g/mol. The fourth-order valence-electron chi connectivity index (χ4n) is 11.2. The normalized spacial score (nSPS) is 27.7. The molecule has 0 atom stereocenters. The molecule has 4 saturated carbocycles. The van der Waals surface area contributed by atoms with Gasteiger partial charge in [-0.2, -0.15) is 0 Å². The monoisotopic (exact) mass is 818 g/mol. The molecule has 1 nitrogen and oxygen atoms in total. The van der Waals surface area contributed by atoms with E-state index in [4.69, 9.17) is 4.74 Å². The summed E-state index contributed by atoms with van der Waals surface area (Å²) in [6.45, 7) is 9.01. The van der Waals surface area contributed by atoms with E-state index in [1.54, 1.807) is 10.4 Å². The Kier molecular flexibility index (Phi) is 16.0. The van der Waals surface area contributed by atoms with Crippen molar-refractivity contribution in [2.24, 2.45) is 17.8 Å². The van der Waals surface area contributed by atoms with Crippen LogP contribution >= 0.6 is 34.0 Å². The average molecular weight is 819 g/mol. The minimum atomic E-state index is 0.435. The minimum Gasteiger partial charge on any atom is -0.381 e. The molecule has 3 aromatic heterocycles. The van der Waals surface area contributed by atoms with Crippen molar-refractivity contribution in [2.45, 2.75) is 199 Å². The van der Waals surface area contributed by atoms with Gasteiger partial charge in [-0.15, -0.1) is 39.9 Å². The molecule has 0 aliphatic heterocycles. The Hall–Kier alpha value is -2.26. The summed E-state index contributed by atoms with van der Waals surface area (Å²) in [5, 5.41) is 0. The zero-order chi connectivity index (χ0) is 39.6. The van der Waals surface area contributed by atoms with E-state index < -0.39 is 0 Å². The van der Waals surface area contributed by atoms with Crippen LogP contribution in [-0.2, 0) is 4.74 Å². The van der Waals surface area contributed by atoms with Gasteiger partial charge >= 0.3 is 0 Å². The van der Waals surface area contributed by atoms with E-state index in [9.17, 15) is 0 Å². The zero-order valence-electron chi connectivity index (χ0n) is 36.0. The highest BCUT2D eigenvalue weighted by molar-refractivity contribution is 7.14. The van der Waals surface area contributed by atoms with Crippen LogP contribution in [0, 0.1) is 53.3 Å². The number of thiophene rings is 3. The molecule has 0 aromatic carbocycles. The Bertz CT molecular complexity index is 1900. The SMILES string of the molecule is CC#Cc1sc(C#Cc2sc(C#Cc3sc(C4CCC(OC)CC4)cc3C3CCC(CCC)CC3)cc2C2CCC(CCC)CC2)cc1C1CCC(CCC)CC1. The third-order valence-electron chi connectivity index (χ3n) is 14.5. The van der Waals surface area contributed by atoms with Crippen LogP contribution in [-0.4, -0.2) is 13.2 Å². The number of ether oxygens (including phenoxy) is 1. The van der Waals surface area contributed by atoms with E-state index >= 15 is 0 Å². The van der Waals surface area contributed by atoms with Gasteiger partial charge in [0.1, 0.15) is 0 Å². The number of rotatable bonds is 11. The highest BCUT2D eigenvalue weighted by atomic mass is 32.1. The second-order valence-corrected chi connectivity index (χ2v) is 21.5. The molecule has 0 radical (unpaired) electrons. The smallest absolute Gasteiger partial charge is 0.0820 e. The molecular formula is C53H70OS3. The largest absolute Gasteiger partial charge is 0.381 e. The molecule has 0 saturated heterocycles. The third-order valence-corrected chi connectivity index (χ3v) is 17.7. The van der Waals surface area contributed by atoms with Gasteiger partial charge in [0.2, 0.25) is 0 Å². The van der Waals surface area contributed by atoms with Crippen LogP contribution in [0.25, 0.3) is 0 Å². The zero-order valence-corrected chi connectivity index (χ0v) is 38.5. The Labute approximate surface area is 360 Å². The number of hydrogen-bond donors (Lipinski definition) is 0. The summed E-state index contributed by atoms with van der Waals surface area (Å²) in [7, 11) is 1.89. The number of methoxy groups -OCH3 is 1. The first-order valence-corrected chi connectivity index (χ1v) is 25.8. The first-order chi connectivity index (χ1) is 28.0. The summed E-state index contributed by atoms with van der Waals surface area (Å²) < 4.78 is 5.75. The van der Waals surface area contributed by atoms with Crippen molar-refractivity contribution >= 4 is 34.0 Å². The summed E-state index contributed by atoms with van der Waals surface area (Å²) >= 11 is 5.71. The van der Waals surface area contributed by atoms with Gasteiger partial charge in [0.15, 0.2) is 0 Å². The van der Waals surface area contributed by atoms with Gasteiger partial charge in [-0.25, -0.2) is 0 Å². The van der Waals surface area contributed by atoms with Gasteiger partial charge in [-0.1, -0.05) is 65.2 Å². The second-order valence-electron chi connectivity index (χ2n) is 18.3. The molecule has 306 valence electrons.